The molecule has 0 aliphatic rings. The Morgan fingerprint density at radius 3 is 2.17 bits per heavy atom. The number of ether oxygens (including phenoxy) is 4. The first-order chi connectivity index (χ1) is 17.0. The van der Waals surface area contributed by atoms with Crippen molar-refractivity contribution in [2.45, 2.75) is 6.42 Å². The molecular formula is C27H25FN2O5. The maximum absolute atomic E-state index is 14.2. The molecule has 0 aliphatic heterocycles. The second-order valence-corrected chi connectivity index (χ2v) is 7.66. The van der Waals surface area contributed by atoms with Gasteiger partial charge in [0.2, 0.25) is 0 Å². The van der Waals surface area contributed by atoms with E-state index < -0.39 is 11.7 Å². The van der Waals surface area contributed by atoms with Gasteiger partial charge in [-0.3, -0.25) is 9.78 Å². The van der Waals surface area contributed by atoms with Crippen LogP contribution >= 0.6 is 0 Å². The van der Waals surface area contributed by atoms with E-state index in [-0.39, 0.29) is 5.56 Å². The Morgan fingerprint density at radius 1 is 0.857 bits per heavy atom. The molecule has 4 aromatic rings. The van der Waals surface area contributed by atoms with Gasteiger partial charge in [0, 0.05) is 29.8 Å². The van der Waals surface area contributed by atoms with Crippen LogP contribution in [0, 0.1) is 5.82 Å². The maximum Gasteiger partial charge on any atom is 0.258 e. The third-order valence-corrected chi connectivity index (χ3v) is 5.69. The molecule has 35 heavy (non-hydrogen) atoms. The zero-order valence-electron chi connectivity index (χ0n) is 19.8. The van der Waals surface area contributed by atoms with Crippen molar-refractivity contribution in [3.63, 3.8) is 0 Å². The Morgan fingerprint density at radius 2 is 1.49 bits per heavy atom. The normalized spacial score (nSPS) is 10.7. The number of nitrogens with zero attached hydrogens (tertiary/aromatic N) is 1. The first-order valence-electron chi connectivity index (χ1n) is 10.8. The van der Waals surface area contributed by atoms with E-state index in [0.717, 1.165) is 16.5 Å². The highest BCUT2D eigenvalue weighted by molar-refractivity contribution is 6.05. The fourth-order valence-corrected chi connectivity index (χ4v) is 3.90. The number of methoxy groups -OCH3 is 4. The summed E-state index contributed by atoms with van der Waals surface area (Å²) < 4.78 is 36.0. The summed E-state index contributed by atoms with van der Waals surface area (Å²) in [7, 11) is 6.20. The van der Waals surface area contributed by atoms with E-state index in [2.05, 4.69) is 10.3 Å². The van der Waals surface area contributed by atoms with Gasteiger partial charge in [-0.25, -0.2) is 4.39 Å². The highest BCUT2D eigenvalue weighted by Crippen LogP contribution is 2.37. The monoisotopic (exact) mass is 476 g/mol. The maximum atomic E-state index is 14.2. The van der Waals surface area contributed by atoms with Gasteiger partial charge in [-0.2, -0.15) is 0 Å². The lowest BCUT2D eigenvalue weighted by Gasteiger charge is -2.17. The SMILES string of the molecule is COc1cc(Cc2nccc3cc(OC)c(OC)cc23)c(NC(=O)c2ccccc2F)cc1OC. The summed E-state index contributed by atoms with van der Waals surface area (Å²) in [5, 5.41) is 4.60. The van der Waals surface area contributed by atoms with Crippen LogP contribution in [-0.4, -0.2) is 39.3 Å². The van der Waals surface area contributed by atoms with E-state index in [4.69, 9.17) is 18.9 Å². The van der Waals surface area contributed by atoms with Gasteiger partial charge in [0.15, 0.2) is 23.0 Å². The summed E-state index contributed by atoms with van der Waals surface area (Å²) in [4.78, 5) is 17.5. The van der Waals surface area contributed by atoms with Crippen LogP contribution in [0.1, 0.15) is 21.6 Å². The molecule has 0 saturated heterocycles. The lowest BCUT2D eigenvalue weighted by Crippen LogP contribution is -2.15. The van der Waals surface area contributed by atoms with E-state index in [0.29, 0.717) is 40.7 Å². The fraction of sp³-hybridized carbons (Fsp3) is 0.185. The quantitative estimate of drug-likeness (QED) is 0.374. The van der Waals surface area contributed by atoms with Crippen molar-refractivity contribution in [2.75, 3.05) is 33.8 Å². The number of halogens is 1. The molecule has 180 valence electrons. The molecule has 0 bridgehead atoms. The van der Waals surface area contributed by atoms with Gasteiger partial charge in [-0.15, -0.1) is 0 Å². The first-order valence-corrected chi connectivity index (χ1v) is 10.8. The molecule has 4 rings (SSSR count). The number of hydrogen-bond acceptors (Lipinski definition) is 6. The van der Waals surface area contributed by atoms with Crippen molar-refractivity contribution in [1.82, 2.24) is 4.98 Å². The number of amides is 1. The zero-order valence-corrected chi connectivity index (χ0v) is 19.8. The summed E-state index contributed by atoms with van der Waals surface area (Å²) >= 11 is 0. The van der Waals surface area contributed by atoms with Crippen molar-refractivity contribution in [3.8, 4) is 23.0 Å². The van der Waals surface area contributed by atoms with Crippen LogP contribution in [0.2, 0.25) is 0 Å². The van der Waals surface area contributed by atoms with E-state index in [1.807, 2.05) is 18.2 Å². The van der Waals surface area contributed by atoms with Crippen LogP contribution in [0.15, 0.2) is 60.8 Å². The molecule has 8 heteroatoms. The van der Waals surface area contributed by atoms with Crippen LogP contribution in [0.25, 0.3) is 10.8 Å². The molecule has 0 unspecified atom stereocenters. The summed E-state index contributed by atoms with van der Waals surface area (Å²) in [6.45, 7) is 0. The van der Waals surface area contributed by atoms with E-state index in [9.17, 15) is 9.18 Å². The van der Waals surface area contributed by atoms with Crippen LogP contribution in [0.3, 0.4) is 0 Å². The Balaban J connectivity index is 1.80. The molecule has 0 spiro atoms. The molecule has 0 radical (unpaired) electrons. The number of carbonyl (C=O) groups is 1. The topological polar surface area (TPSA) is 78.9 Å². The summed E-state index contributed by atoms with van der Waals surface area (Å²) in [6, 6.07) is 14.9. The standard InChI is InChI=1S/C27H25FN2O5/c1-32-23-12-16-9-10-29-22(19(16)14-25(23)34-3)11-17-13-24(33-2)26(35-4)15-21(17)30-27(31)18-7-5-6-8-20(18)28/h5-10,12-15H,11H2,1-4H3,(H,30,31). The highest BCUT2D eigenvalue weighted by Gasteiger charge is 2.18. The molecule has 1 N–H and O–H groups in total. The van der Waals surface area contributed by atoms with Crippen LogP contribution in [0.5, 0.6) is 23.0 Å². The van der Waals surface area contributed by atoms with Crippen molar-refractivity contribution in [1.29, 1.82) is 0 Å². The van der Waals surface area contributed by atoms with Gasteiger partial charge < -0.3 is 24.3 Å². The number of anilines is 1. The number of hydrogen-bond donors (Lipinski definition) is 1. The minimum atomic E-state index is -0.608. The van der Waals surface area contributed by atoms with Crippen LogP contribution < -0.4 is 24.3 Å². The second kappa shape index (κ2) is 10.3. The minimum Gasteiger partial charge on any atom is -0.493 e. The first kappa shape index (κ1) is 23.8. The lowest BCUT2D eigenvalue weighted by molar-refractivity contribution is 0.102. The molecule has 0 saturated carbocycles. The van der Waals surface area contributed by atoms with Crippen LogP contribution in [0.4, 0.5) is 10.1 Å². The predicted octanol–water partition coefficient (Wildman–Crippen LogP) is 5.25. The lowest BCUT2D eigenvalue weighted by atomic mass is 10.0. The van der Waals surface area contributed by atoms with E-state index >= 15 is 0 Å². The van der Waals surface area contributed by atoms with Crippen LogP contribution in [-0.2, 0) is 6.42 Å². The van der Waals surface area contributed by atoms with Gasteiger partial charge in [0.1, 0.15) is 5.82 Å². The van der Waals surface area contributed by atoms with Gasteiger partial charge >= 0.3 is 0 Å². The smallest absolute Gasteiger partial charge is 0.258 e. The van der Waals surface area contributed by atoms with Gasteiger partial charge in [-0.1, -0.05) is 12.1 Å². The number of carbonyl (C=O) groups excluding carboxylic acids is 1. The number of pyridine rings is 1. The summed E-state index contributed by atoms with van der Waals surface area (Å²) in [5.74, 6) is 0.927. The summed E-state index contributed by atoms with van der Waals surface area (Å²) in [5.41, 5.74) is 1.85. The van der Waals surface area contributed by atoms with Gasteiger partial charge in [0.25, 0.3) is 5.91 Å². The molecule has 0 fully saturated rings. The zero-order chi connectivity index (χ0) is 24.9. The molecule has 0 aliphatic carbocycles. The molecule has 1 amide bonds. The molecule has 0 atom stereocenters. The number of benzene rings is 3. The summed E-state index contributed by atoms with van der Waals surface area (Å²) in [6.07, 6.45) is 2.06. The number of aromatic nitrogens is 1. The Bertz CT molecular complexity index is 1390. The molecule has 1 aromatic heterocycles. The van der Waals surface area contributed by atoms with E-state index in [1.165, 1.54) is 32.4 Å². The van der Waals surface area contributed by atoms with Crippen molar-refractivity contribution >= 4 is 22.4 Å². The third kappa shape index (κ3) is 4.82. The average Bonchev–Trinajstić information content (AvgIpc) is 2.88. The minimum absolute atomic E-state index is 0.0617. The molecule has 1 heterocycles. The van der Waals surface area contributed by atoms with Gasteiger partial charge in [-0.05, 0) is 47.3 Å². The average molecular weight is 477 g/mol. The van der Waals surface area contributed by atoms with E-state index in [1.54, 1.807) is 38.6 Å². The number of nitrogens with one attached hydrogen (secondary N) is 1. The Kier molecular flexibility index (Phi) is 7.01. The number of rotatable bonds is 8. The fourth-order valence-electron chi connectivity index (χ4n) is 3.90. The van der Waals surface area contributed by atoms with Gasteiger partial charge in [0.05, 0.1) is 39.7 Å². The van der Waals surface area contributed by atoms with Crippen molar-refractivity contribution in [3.05, 3.63) is 83.4 Å². The van der Waals surface area contributed by atoms with Crippen molar-refractivity contribution < 1.29 is 28.1 Å². The number of fused-ring (bicyclic) bond motifs is 1. The molecular weight excluding hydrogens is 451 g/mol. The van der Waals surface area contributed by atoms with Crippen molar-refractivity contribution in [2.24, 2.45) is 0 Å². The highest BCUT2D eigenvalue weighted by atomic mass is 19.1. The predicted molar refractivity (Wildman–Crippen MR) is 132 cm³/mol. The second-order valence-electron chi connectivity index (χ2n) is 7.66. The third-order valence-electron chi connectivity index (χ3n) is 5.69. The molecule has 7 nitrogen and oxygen atoms in total. The Hall–Kier alpha value is -4.33. The Labute approximate surface area is 202 Å². The molecule has 3 aromatic carbocycles. The largest absolute Gasteiger partial charge is 0.493 e.